The smallest absolute Gasteiger partial charge is 0.270 e. The minimum absolute atomic E-state index is 0.499. The summed E-state index contributed by atoms with van der Waals surface area (Å²) in [7, 11) is 1.90. The number of aryl methyl sites for hydroxylation is 1. The van der Waals surface area contributed by atoms with Crippen LogP contribution in [-0.4, -0.2) is 55.4 Å². The minimum atomic E-state index is 0.499. The number of aromatic nitrogens is 5. The largest absolute Gasteiger partial charge is 0.429 e. The molecule has 0 unspecified atom stereocenters. The molecule has 0 spiro atoms. The third-order valence-electron chi connectivity index (χ3n) is 5.30. The fraction of sp³-hybridized carbons (Fsp3) is 0.300. The van der Waals surface area contributed by atoms with Gasteiger partial charge >= 0.3 is 0 Å². The Labute approximate surface area is 173 Å². The molecule has 1 aliphatic rings. The topological polar surface area (TPSA) is 68.2 Å². The molecule has 5 rings (SSSR count). The lowest BCUT2D eigenvalue weighted by molar-refractivity contribution is 0.201. The first-order chi connectivity index (χ1) is 14.2. The van der Waals surface area contributed by atoms with Gasteiger partial charge in [0.1, 0.15) is 12.1 Å². The van der Waals surface area contributed by atoms with Gasteiger partial charge in [0.15, 0.2) is 11.4 Å². The molecule has 9 heteroatoms. The van der Waals surface area contributed by atoms with E-state index in [0.29, 0.717) is 4.84 Å². The van der Waals surface area contributed by atoms with E-state index in [1.54, 1.807) is 11.0 Å². The number of piperazine rings is 1. The molecule has 0 radical (unpaired) electrons. The maximum atomic E-state index is 5.80. The van der Waals surface area contributed by atoms with Gasteiger partial charge in [-0.15, -0.1) is 0 Å². The third kappa shape index (κ3) is 3.43. The molecule has 1 aliphatic heterocycles. The molecule has 0 atom stereocenters. The van der Waals surface area contributed by atoms with Crippen molar-refractivity contribution in [2.24, 2.45) is 7.05 Å². The first-order valence-electron chi connectivity index (χ1n) is 9.55. The Morgan fingerprint density at radius 3 is 2.66 bits per heavy atom. The average Bonchev–Trinajstić information content (AvgIpc) is 3.32. The molecule has 0 amide bonds. The summed E-state index contributed by atoms with van der Waals surface area (Å²) in [4.78, 5) is 14.0. The lowest BCUT2D eigenvalue weighted by Gasteiger charge is -2.35. The molecule has 29 heavy (non-hydrogen) atoms. The van der Waals surface area contributed by atoms with Crippen LogP contribution in [0.5, 0.6) is 0 Å². The molecular formula is C20H21N7OS. The van der Waals surface area contributed by atoms with Crippen LogP contribution < -0.4 is 4.90 Å². The molecular weight excluding hydrogens is 386 g/mol. The van der Waals surface area contributed by atoms with Crippen LogP contribution in [0, 0.1) is 4.84 Å². The summed E-state index contributed by atoms with van der Waals surface area (Å²) >= 11 is 5.43. The maximum absolute atomic E-state index is 5.80. The highest BCUT2D eigenvalue weighted by Gasteiger charge is 2.21. The van der Waals surface area contributed by atoms with Crippen molar-refractivity contribution < 1.29 is 4.42 Å². The van der Waals surface area contributed by atoms with Gasteiger partial charge in [-0.3, -0.25) is 14.1 Å². The Kier molecular flexibility index (Phi) is 4.61. The van der Waals surface area contributed by atoms with Crippen LogP contribution in [0.2, 0.25) is 0 Å². The first kappa shape index (κ1) is 18.0. The number of hydrogen-bond donors (Lipinski definition) is 0. The normalized spacial score (nSPS) is 15.3. The molecule has 148 valence electrons. The molecule has 0 aliphatic carbocycles. The van der Waals surface area contributed by atoms with Crippen molar-refractivity contribution in [3.8, 4) is 11.3 Å². The zero-order valence-electron chi connectivity index (χ0n) is 16.1. The molecule has 0 bridgehead atoms. The van der Waals surface area contributed by atoms with Crippen LogP contribution in [0.25, 0.3) is 22.4 Å². The van der Waals surface area contributed by atoms with Crippen LogP contribution in [-0.2, 0) is 13.7 Å². The zero-order chi connectivity index (χ0) is 19.8. The fourth-order valence-corrected chi connectivity index (χ4v) is 3.93. The van der Waals surface area contributed by atoms with E-state index in [2.05, 4.69) is 24.9 Å². The molecule has 0 saturated carbocycles. The predicted molar refractivity (Wildman–Crippen MR) is 113 cm³/mol. The number of fused-ring (bicyclic) bond motifs is 1. The van der Waals surface area contributed by atoms with E-state index >= 15 is 0 Å². The number of anilines is 1. The monoisotopic (exact) mass is 407 g/mol. The molecule has 1 saturated heterocycles. The van der Waals surface area contributed by atoms with Gasteiger partial charge in [0.05, 0.1) is 24.4 Å². The summed E-state index contributed by atoms with van der Waals surface area (Å²) in [5, 5.41) is 5.30. The highest BCUT2D eigenvalue weighted by Crippen LogP contribution is 2.24. The van der Waals surface area contributed by atoms with Gasteiger partial charge in [-0.2, -0.15) is 5.10 Å². The van der Waals surface area contributed by atoms with E-state index in [-0.39, 0.29) is 0 Å². The second-order valence-electron chi connectivity index (χ2n) is 7.15. The lowest BCUT2D eigenvalue weighted by Crippen LogP contribution is -2.47. The van der Waals surface area contributed by atoms with Crippen molar-refractivity contribution in [1.82, 2.24) is 29.2 Å². The Morgan fingerprint density at radius 1 is 1.07 bits per heavy atom. The molecule has 1 aromatic carbocycles. The summed E-state index contributed by atoms with van der Waals surface area (Å²) in [5.74, 6) is 1.75. The van der Waals surface area contributed by atoms with Crippen LogP contribution in [0.1, 0.15) is 0 Å². The fourth-order valence-electron chi connectivity index (χ4n) is 3.73. The van der Waals surface area contributed by atoms with Crippen molar-refractivity contribution in [2.75, 3.05) is 31.1 Å². The van der Waals surface area contributed by atoms with Gasteiger partial charge < -0.3 is 9.32 Å². The number of benzene rings is 1. The molecule has 0 N–H and O–H groups in total. The first-order valence-corrected chi connectivity index (χ1v) is 9.95. The van der Waals surface area contributed by atoms with Crippen LogP contribution in [0.3, 0.4) is 0 Å². The van der Waals surface area contributed by atoms with E-state index in [1.807, 2.05) is 54.3 Å². The van der Waals surface area contributed by atoms with E-state index in [4.69, 9.17) is 16.6 Å². The van der Waals surface area contributed by atoms with E-state index in [9.17, 15) is 0 Å². The van der Waals surface area contributed by atoms with Crippen molar-refractivity contribution in [1.29, 1.82) is 0 Å². The van der Waals surface area contributed by atoms with Gasteiger partial charge in [0.2, 0.25) is 0 Å². The number of oxazole rings is 1. The molecule has 1 fully saturated rings. The van der Waals surface area contributed by atoms with Crippen molar-refractivity contribution >= 4 is 29.1 Å². The molecule has 3 aromatic heterocycles. The average molecular weight is 408 g/mol. The highest BCUT2D eigenvalue weighted by molar-refractivity contribution is 7.71. The molecule has 8 nitrogen and oxygen atoms in total. The molecule has 4 heterocycles. The summed E-state index contributed by atoms with van der Waals surface area (Å²) in [6.07, 6.45) is 5.45. The minimum Gasteiger partial charge on any atom is -0.429 e. The van der Waals surface area contributed by atoms with E-state index in [1.165, 1.54) is 0 Å². The number of rotatable bonds is 4. The third-order valence-corrected chi connectivity index (χ3v) is 5.61. The number of nitrogens with zero attached hydrogens (tertiary/aromatic N) is 7. The lowest BCUT2D eigenvalue weighted by atomic mass is 10.2. The summed E-state index contributed by atoms with van der Waals surface area (Å²) in [6, 6.07) is 10.0. The maximum Gasteiger partial charge on any atom is 0.270 e. The predicted octanol–water partition coefficient (Wildman–Crippen LogP) is 2.93. The van der Waals surface area contributed by atoms with Crippen molar-refractivity contribution in [3.05, 3.63) is 53.9 Å². The van der Waals surface area contributed by atoms with Gasteiger partial charge in [-0.25, -0.2) is 9.97 Å². The molecule has 4 aromatic rings. The van der Waals surface area contributed by atoms with Crippen LogP contribution >= 0.6 is 12.2 Å². The Hall–Kier alpha value is -3.04. The second kappa shape index (κ2) is 7.41. The second-order valence-corrected chi connectivity index (χ2v) is 7.50. The van der Waals surface area contributed by atoms with Gasteiger partial charge in [0, 0.05) is 38.8 Å². The standard InChI is InChI=1S/C20H21N7OS/c1-24-18-16(11-23-24)19(22-13-21-18)26-9-7-25(8-10-26)14-27-12-17(28-20(27)29)15-5-3-2-4-6-15/h2-6,11-13H,7-10,14H2,1H3. The van der Waals surface area contributed by atoms with Gasteiger partial charge in [0.25, 0.3) is 4.84 Å². The Bertz CT molecular complexity index is 1190. The summed E-state index contributed by atoms with van der Waals surface area (Å²) < 4.78 is 9.57. The van der Waals surface area contributed by atoms with Gasteiger partial charge in [-0.1, -0.05) is 30.3 Å². The Morgan fingerprint density at radius 2 is 1.86 bits per heavy atom. The van der Waals surface area contributed by atoms with Crippen LogP contribution in [0.4, 0.5) is 5.82 Å². The van der Waals surface area contributed by atoms with E-state index in [0.717, 1.165) is 61.0 Å². The van der Waals surface area contributed by atoms with Crippen molar-refractivity contribution in [2.45, 2.75) is 6.67 Å². The zero-order valence-corrected chi connectivity index (χ0v) is 16.9. The number of hydrogen-bond acceptors (Lipinski definition) is 7. The summed E-state index contributed by atoms with van der Waals surface area (Å²) in [6.45, 7) is 4.32. The Balaban J connectivity index is 1.28. The summed E-state index contributed by atoms with van der Waals surface area (Å²) in [5.41, 5.74) is 1.89. The van der Waals surface area contributed by atoms with Gasteiger partial charge in [-0.05, 0) is 12.2 Å². The van der Waals surface area contributed by atoms with E-state index < -0.39 is 0 Å². The van der Waals surface area contributed by atoms with Crippen LogP contribution in [0.15, 0.2) is 53.5 Å². The SMILES string of the molecule is Cn1ncc2c(N3CCN(Cn4cc(-c5ccccc5)oc4=S)CC3)ncnc21. The van der Waals surface area contributed by atoms with Crippen molar-refractivity contribution in [3.63, 3.8) is 0 Å². The quantitative estimate of drug-likeness (QED) is 0.482. The highest BCUT2D eigenvalue weighted by atomic mass is 32.1.